The number of aryl methyl sites for hydroxylation is 2. The van der Waals surface area contributed by atoms with E-state index >= 15 is 0 Å². The maximum atomic E-state index is 10.3. The highest BCUT2D eigenvalue weighted by Gasteiger charge is 2.14. The third-order valence-electron chi connectivity index (χ3n) is 3.53. The lowest BCUT2D eigenvalue weighted by Gasteiger charge is -2.23. The van der Waals surface area contributed by atoms with Gasteiger partial charge in [-0.15, -0.1) is 5.10 Å². The molecule has 0 radical (unpaired) electrons. The van der Waals surface area contributed by atoms with Crippen molar-refractivity contribution in [1.82, 2.24) is 19.9 Å². The molecule has 2 aromatic rings. The number of aliphatic hydroxyl groups excluding tert-OH is 1. The van der Waals surface area contributed by atoms with Gasteiger partial charge in [0.15, 0.2) is 0 Å². The Bertz CT molecular complexity index is 535. The van der Waals surface area contributed by atoms with Crippen LogP contribution in [0.1, 0.15) is 29.8 Å². The molecule has 1 heterocycles. The highest BCUT2D eigenvalue weighted by atomic mass is 16.3. The molecule has 1 atom stereocenters. The van der Waals surface area contributed by atoms with E-state index in [1.165, 1.54) is 5.56 Å². The maximum absolute atomic E-state index is 10.3. The van der Waals surface area contributed by atoms with E-state index < -0.39 is 6.10 Å². The Kier molecular flexibility index (Phi) is 4.87. The second kappa shape index (κ2) is 6.63. The number of likely N-dealkylation sites (N-methyl/N-ethyl adjacent to an activating group) is 1. The van der Waals surface area contributed by atoms with E-state index in [0.717, 1.165) is 24.3 Å². The lowest BCUT2D eigenvalue weighted by atomic mass is 10.1. The van der Waals surface area contributed by atoms with E-state index in [0.29, 0.717) is 6.54 Å². The summed E-state index contributed by atoms with van der Waals surface area (Å²) in [7, 11) is 1.88. The van der Waals surface area contributed by atoms with Crippen LogP contribution in [-0.4, -0.2) is 38.1 Å². The van der Waals surface area contributed by atoms with Gasteiger partial charge in [0.25, 0.3) is 0 Å². The summed E-state index contributed by atoms with van der Waals surface area (Å²) in [6.45, 7) is 6.34. The fourth-order valence-electron chi connectivity index (χ4n) is 2.13. The van der Waals surface area contributed by atoms with Crippen LogP contribution in [0.2, 0.25) is 0 Å². The van der Waals surface area contributed by atoms with Gasteiger partial charge in [-0.05, 0) is 19.0 Å². The molecule has 20 heavy (non-hydrogen) atoms. The van der Waals surface area contributed by atoms with E-state index in [9.17, 15) is 5.11 Å². The summed E-state index contributed by atoms with van der Waals surface area (Å²) in [6, 6.07) is 8.03. The van der Waals surface area contributed by atoms with E-state index in [1.54, 1.807) is 10.9 Å². The maximum Gasteiger partial charge on any atom is 0.0917 e. The molecule has 2 rings (SSSR count). The van der Waals surface area contributed by atoms with Crippen molar-refractivity contribution in [2.75, 3.05) is 13.1 Å². The Balaban J connectivity index is 1.99. The van der Waals surface area contributed by atoms with Gasteiger partial charge in [-0.1, -0.05) is 42.0 Å². The van der Waals surface area contributed by atoms with Crippen molar-refractivity contribution >= 4 is 0 Å². The van der Waals surface area contributed by atoms with Crippen LogP contribution < -0.4 is 0 Å². The predicted octanol–water partition coefficient (Wildman–Crippen LogP) is 1.68. The molecule has 0 fully saturated rings. The molecule has 0 saturated heterocycles. The third kappa shape index (κ3) is 3.65. The van der Waals surface area contributed by atoms with Gasteiger partial charge in [-0.25, -0.2) is 0 Å². The highest BCUT2D eigenvalue weighted by Crippen LogP contribution is 2.16. The normalized spacial score (nSPS) is 12.8. The summed E-state index contributed by atoms with van der Waals surface area (Å²) in [4.78, 5) is 2.18. The minimum Gasteiger partial charge on any atom is -0.387 e. The fourth-order valence-corrected chi connectivity index (χ4v) is 2.13. The van der Waals surface area contributed by atoms with Crippen LogP contribution in [0.4, 0.5) is 0 Å². The topological polar surface area (TPSA) is 54.2 Å². The Morgan fingerprint density at radius 3 is 2.55 bits per heavy atom. The molecule has 1 unspecified atom stereocenters. The molecule has 1 N–H and O–H groups in total. The minimum atomic E-state index is -0.475. The van der Waals surface area contributed by atoms with E-state index in [1.807, 2.05) is 38.2 Å². The van der Waals surface area contributed by atoms with Crippen molar-refractivity contribution in [3.63, 3.8) is 0 Å². The second-order valence-electron chi connectivity index (χ2n) is 5.10. The molecule has 0 bridgehead atoms. The molecule has 1 aromatic heterocycles. The summed E-state index contributed by atoms with van der Waals surface area (Å²) < 4.78 is 1.76. The van der Waals surface area contributed by atoms with Crippen LogP contribution in [0.5, 0.6) is 0 Å². The van der Waals surface area contributed by atoms with Crippen molar-refractivity contribution < 1.29 is 5.11 Å². The first-order valence-electron chi connectivity index (χ1n) is 6.90. The number of hydrogen-bond donors (Lipinski definition) is 1. The van der Waals surface area contributed by atoms with Crippen LogP contribution in [0, 0.1) is 6.92 Å². The van der Waals surface area contributed by atoms with E-state index in [2.05, 4.69) is 22.1 Å². The van der Waals surface area contributed by atoms with Crippen molar-refractivity contribution in [3.05, 3.63) is 47.3 Å². The quantitative estimate of drug-likeness (QED) is 0.871. The van der Waals surface area contributed by atoms with E-state index in [4.69, 9.17) is 0 Å². The van der Waals surface area contributed by atoms with Crippen molar-refractivity contribution in [2.45, 2.75) is 26.5 Å². The fraction of sp³-hybridized carbons (Fsp3) is 0.467. The monoisotopic (exact) mass is 274 g/mol. The molecular formula is C15H22N4O. The van der Waals surface area contributed by atoms with Gasteiger partial charge in [0.1, 0.15) is 0 Å². The lowest BCUT2D eigenvalue weighted by molar-refractivity contribution is 0.111. The zero-order valence-corrected chi connectivity index (χ0v) is 12.3. The Morgan fingerprint density at radius 1 is 1.30 bits per heavy atom. The SMILES string of the molecule is CCN(Cc1cnnn1C)CC(O)c1ccc(C)cc1. The second-order valence-corrected chi connectivity index (χ2v) is 5.10. The third-order valence-corrected chi connectivity index (χ3v) is 3.53. The van der Waals surface area contributed by atoms with E-state index in [-0.39, 0.29) is 0 Å². The van der Waals surface area contributed by atoms with Crippen molar-refractivity contribution in [3.8, 4) is 0 Å². The van der Waals surface area contributed by atoms with Gasteiger partial charge >= 0.3 is 0 Å². The predicted molar refractivity (Wildman–Crippen MR) is 78.1 cm³/mol. The Morgan fingerprint density at radius 2 is 2.00 bits per heavy atom. The van der Waals surface area contributed by atoms with Crippen LogP contribution in [0.3, 0.4) is 0 Å². The zero-order valence-electron chi connectivity index (χ0n) is 12.3. The van der Waals surface area contributed by atoms with Crippen LogP contribution in [-0.2, 0) is 13.6 Å². The summed E-state index contributed by atoms with van der Waals surface area (Å²) in [6.07, 6.45) is 1.29. The number of hydrogen-bond acceptors (Lipinski definition) is 4. The summed E-state index contributed by atoms with van der Waals surface area (Å²) in [5.41, 5.74) is 3.20. The average molecular weight is 274 g/mol. The molecule has 0 aliphatic heterocycles. The molecule has 108 valence electrons. The van der Waals surface area contributed by atoms with Gasteiger partial charge in [0.05, 0.1) is 18.0 Å². The van der Waals surface area contributed by atoms with Gasteiger partial charge < -0.3 is 5.11 Å². The molecule has 5 nitrogen and oxygen atoms in total. The largest absolute Gasteiger partial charge is 0.387 e. The van der Waals surface area contributed by atoms with Crippen LogP contribution in [0.25, 0.3) is 0 Å². The number of nitrogens with zero attached hydrogens (tertiary/aromatic N) is 4. The lowest BCUT2D eigenvalue weighted by Crippen LogP contribution is -2.29. The molecule has 1 aromatic carbocycles. The van der Waals surface area contributed by atoms with Gasteiger partial charge in [-0.2, -0.15) is 0 Å². The van der Waals surface area contributed by atoms with Crippen molar-refractivity contribution in [2.24, 2.45) is 7.05 Å². The van der Waals surface area contributed by atoms with Gasteiger partial charge in [-0.3, -0.25) is 9.58 Å². The average Bonchev–Trinajstić information content (AvgIpc) is 2.84. The molecule has 0 saturated carbocycles. The zero-order chi connectivity index (χ0) is 14.5. The first-order chi connectivity index (χ1) is 9.60. The molecule has 0 amide bonds. The van der Waals surface area contributed by atoms with Gasteiger partial charge in [0, 0.05) is 20.1 Å². The van der Waals surface area contributed by atoms with Crippen LogP contribution in [0.15, 0.2) is 30.5 Å². The summed E-state index contributed by atoms with van der Waals surface area (Å²) in [5, 5.41) is 18.1. The molecular weight excluding hydrogens is 252 g/mol. The summed E-state index contributed by atoms with van der Waals surface area (Å²) >= 11 is 0. The minimum absolute atomic E-state index is 0.475. The number of benzene rings is 1. The Labute approximate surface area is 119 Å². The number of aromatic nitrogens is 3. The first-order valence-corrected chi connectivity index (χ1v) is 6.90. The summed E-state index contributed by atoms with van der Waals surface area (Å²) in [5.74, 6) is 0. The van der Waals surface area contributed by atoms with Gasteiger partial charge in [0.2, 0.25) is 0 Å². The smallest absolute Gasteiger partial charge is 0.0917 e. The molecule has 0 aliphatic rings. The first kappa shape index (κ1) is 14.7. The molecule has 0 spiro atoms. The number of aliphatic hydroxyl groups is 1. The number of rotatable bonds is 6. The highest BCUT2D eigenvalue weighted by molar-refractivity contribution is 5.23. The Hall–Kier alpha value is -1.72. The molecule has 5 heteroatoms. The standard InChI is InChI=1S/C15H22N4O/c1-4-19(10-14-9-16-17-18(14)3)11-15(20)13-7-5-12(2)6-8-13/h5-9,15,20H,4,10-11H2,1-3H3. The van der Waals surface area contributed by atoms with Crippen LogP contribution >= 0.6 is 0 Å². The van der Waals surface area contributed by atoms with Crippen molar-refractivity contribution in [1.29, 1.82) is 0 Å². The molecule has 0 aliphatic carbocycles.